The third kappa shape index (κ3) is 2.68. The molecule has 0 bridgehead atoms. The van der Waals surface area contributed by atoms with E-state index in [1.807, 2.05) is 56.3 Å². The number of aromatic carboxylic acids is 1. The molecule has 0 aliphatic carbocycles. The summed E-state index contributed by atoms with van der Waals surface area (Å²) >= 11 is 0. The maximum absolute atomic E-state index is 11.6. The van der Waals surface area contributed by atoms with Crippen LogP contribution in [0.4, 0.5) is 0 Å². The zero-order valence-corrected chi connectivity index (χ0v) is 12.5. The van der Waals surface area contributed by atoms with E-state index in [0.717, 1.165) is 22.4 Å². The van der Waals surface area contributed by atoms with E-state index >= 15 is 0 Å². The molecule has 2 aromatic carbocycles. The number of aromatic amines is 1. The number of carbonyl (C=O) groups is 1. The van der Waals surface area contributed by atoms with Crippen LogP contribution < -0.4 is 4.74 Å². The van der Waals surface area contributed by atoms with Crippen LogP contribution in [0, 0.1) is 13.8 Å². The molecule has 0 saturated heterocycles. The minimum atomic E-state index is -0.947. The molecule has 0 aliphatic rings. The monoisotopic (exact) mass is 295 g/mol. The Kier molecular flexibility index (Phi) is 3.59. The minimum absolute atomic E-state index is 0.193. The van der Waals surface area contributed by atoms with Crippen LogP contribution in [0.3, 0.4) is 0 Å². The second-order valence-electron chi connectivity index (χ2n) is 5.43. The number of carboxylic acids is 1. The standard InChI is InChI=1S/C18H17NO3/c1-11-3-6-13(7-4-11)22-10-16-17(18(20)21)14-8-5-12(2)9-15(14)19-16/h3-9,19H,10H2,1-2H3,(H,20,21). The Morgan fingerprint density at radius 3 is 2.45 bits per heavy atom. The third-order valence-corrected chi connectivity index (χ3v) is 3.65. The van der Waals surface area contributed by atoms with Gasteiger partial charge in [0.25, 0.3) is 0 Å². The second-order valence-corrected chi connectivity index (χ2v) is 5.43. The summed E-state index contributed by atoms with van der Waals surface area (Å²) in [4.78, 5) is 14.7. The molecule has 3 rings (SSSR count). The quantitative estimate of drug-likeness (QED) is 0.763. The highest BCUT2D eigenvalue weighted by atomic mass is 16.5. The Balaban J connectivity index is 1.94. The number of hydrogen-bond donors (Lipinski definition) is 2. The molecule has 3 aromatic rings. The molecule has 0 spiro atoms. The van der Waals surface area contributed by atoms with Crippen molar-refractivity contribution < 1.29 is 14.6 Å². The van der Waals surface area contributed by atoms with E-state index in [0.29, 0.717) is 11.1 Å². The highest BCUT2D eigenvalue weighted by Gasteiger charge is 2.18. The van der Waals surface area contributed by atoms with Crippen molar-refractivity contribution in [2.24, 2.45) is 0 Å². The summed E-state index contributed by atoms with van der Waals surface area (Å²) in [7, 11) is 0. The van der Waals surface area contributed by atoms with Crippen LogP contribution in [0.1, 0.15) is 27.2 Å². The second kappa shape index (κ2) is 5.56. The highest BCUT2D eigenvalue weighted by Crippen LogP contribution is 2.25. The summed E-state index contributed by atoms with van der Waals surface area (Å²) in [6.45, 7) is 4.17. The SMILES string of the molecule is Cc1ccc(OCc2[nH]c3cc(C)ccc3c2C(=O)O)cc1. The molecule has 0 radical (unpaired) electrons. The number of hydrogen-bond acceptors (Lipinski definition) is 2. The molecule has 1 heterocycles. The smallest absolute Gasteiger partial charge is 0.338 e. The lowest BCUT2D eigenvalue weighted by Crippen LogP contribution is -2.04. The van der Waals surface area contributed by atoms with Gasteiger partial charge in [0.1, 0.15) is 12.4 Å². The fourth-order valence-corrected chi connectivity index (χ4v) is 2.51. The van der Waals surface area contributed by atoms with Gasteiger partial charge in [-0.25, -0.2) is 4.79 Å². The molecule has 4 heteroatoms. The van der Waals surface area contributed by atoms with E-state index in [9.17, 15) is 9.90 Å². The summed E-state index contributed by atoms with van der Waals surface area (Å²) in [6.07, 6.45) is 0. The van der Waals surface area contributed by atoms with E-state index < -0.39 is 5.97 Å². The van der Waals surface area contributed by atoms with Gasteiger partial charge in [0.2, 0.25) is 0 Å². The number of rotatable bonds is 4. The Hall–Kier alpha value is -2.75. The van der Waals surface area contributed by atoms with Gasteiger partial charge in [-0.1, -0.05) is 29.8 Å². The van der Waals surface area contributed by atoms with Gasteiger partial charge in [0, 0.05) is 10.9 Å². The van der Waals surface area contributed by atoms with Crippen molar-refractivity contribution in [3.63, 3.8) is 0 Å². The van der Waals surface area contributed by atoms with Crippen molar-refractivity contribution in [3.05, 3.63) is 64.8 Å². The largest absolute Gasteiger partial charge is 0.487 e. The average molecular weight is 295 g/mol. The minimum Gasteiger partial charge on any atom is -0.487 e. The number of nitrogens with one attached hydrogen (secondary N) is 1. The first-order valence-electron chi connectivity index (χ1n) is 7.08. The zero-order valence-electron chi connectivity index (χ0n) is 12.5. The highest BCUT2D eigenvalue weighted by molar-refractivity contribution is 6.04. The van der Waals surface area contributed by atoms with E-state index in [-0.39, 0.29) is 12.2 Å². The first-order valence-corrected chi connectivity index (χ1v) is 7.08. The number of aromatic nitrogens is 1. The van der Waals surface area contributed by atoms with Crippen LogP contribution >= 0.6 is 0 Å². The molecule has 1 aromatic heterocycles. The van der Waals surface area contributed by atoms with Gasteiger partial charge in [-0.15, -0.1) is 0 Å². The summed E-state index contributed by atoms with van der Waals surface area (Å²) in [6, 6.07) is 13.4. The van der Waals surface area contributed by atoms with Crippen molar-refractivity contribution in [1.29, 1.82) is 0 Å². The molecule has 0 saturated carbocycles. The van der Waals surface area contributed by atoms with Crippen LogP contribution in [0.25, 0.3) is 10.9 Å². The van der Waals surface area contributed by atoms with Gasteiger partial charge in [-0.05, 0) is 37.6 Å². The molecular formula is C18H17NO3. The first-order chi connectivity index (χ1) is 10.5. The number of aryl methyl sites for hydroxylation is 2. The Labute approximate surface area is 128 Å². The summed E-state index contributed by atoms with van der Waals surface area (Å²) < 4.78 is 5.70. The van der Waals surface area contributed by atoms with Gasteiger partial charge in [0.05, 0.1) is 11.3 Å². The summed E-state index contributed by atoms with van der Waals surface area (Å²) in [5.74, 6) is -0.227. The number of H-pyrrole nitrogens is 1. The van der Waals surface area contributed by atoms with Crippen molar-refractivity contribution >= 4 is 16.9 Å². The average Bonchev–Trinajstić information content (AvgIpc) is 2.84. The number of fused-ring (bicyclic) bond motifs is 1. The van der Waals surface area contributed by atoms with Crippen molar-refractivity contribution in [2.75, 3.05) is 0 Å². The fourth-order valence-electron chi connectivity index (χ4n) is 2.51. The van der Waals surface area contributed by atoms with Crippen molar-refractivity contribution in [3.8, 4) is 5.75 Å². The van der Waals surface area contributed by atoms with E-state index in [1.165, 1.54) is 0 Å². The van der Waals surface area contributed by atoms with E-state index in [1.54, 1.807) is 0 Å². The molecule has 0 atom stereocenters. The molecule has 0 unspecified atom stereocenters. The van der Waals surface area contributed by atoms with Gasteiger partial charge in [0.15, 0.2) is 0 Å². The van der Waals surface area contributed by atoms with E-state index in [2.05, 4.69) is 4.98 Å². The molecule has 0 aliphatic heterocycles. The maximum atomic E-state index is 11.6. The lowest BCUT2D eigenvalue weighted by Gasteiger charge is -2.06. The Morgan fingerprint density at radius 2 is 1.77 bits per heavy atom. The molecule has 4 nitrogen and oxygen atoms in total. The number of benzene rings is 2. The lowest BCUT2D eigenvalue weighted by atomic mass is 10.1. The predicted molar refractivity (Wildman–Crippen MR) is 85.5 cm³/mol. The van der Waals surface area contributed by atoms with Crippen LogP contribution in [0.2, 0.25) is 0 Å². The predicted octanol–water partition coefficient (Wildman–Crippen LogP) is 4.06. The molecule has 112 valence electrons. The lowest BCUT2D eigenvalue weighted by molar-refractivity contribution is 0.0696. The number of ether oxygens (including phenoxy) is 1. The molecule has 0 fully saturated rings. The normalized spacial score (nSPS) is 10.8. The Bertz CT molecular complexity index is 831. The number of carboxylic acid groups (broad SMARTS) is 1. The van der Waals surface area contributed by atoms with Crippen LogP contribution in [-0.2, 0) is 6.61 Å². The summed E-state index contributed by atoms with van der Waals surface area (Å²) in [5.41, 5.74) is 3.91. The molecule has 22 heavy (non-hydrogen) atoms. The zero-order chi connectivity index (χ0) is 15.7. The van der Waals surface area contributed by atoms with Gasteiger partial charge in [-0.2, -0.15) is 0 Å². The van der Waals surface area contributed by atoms with Gasteiger partial charge < -0.3 is 14.8 Å². The van der Waals surface area contributed by atoms with Gasteiger partial charge >= 0.3 is 5.97 Å². The Morgan fingerprint density at radius 1 is 1.09 bits per heavy atom. The topological polar surface area (TPSA) is 62.3 Å². The third-order valence-electron chi connectivity index (χ3n) is 3.65. The molecule has 0 amide bonds. The van der Waals surface area contributed by atoms with E-state index in [4.69, 9.17) is 4.74 Å². The fraction of sp³-hybridized carbons (Fsp3) is 0.167. The molecule has 2 N–H and O–H groups in total. The molecular weight excluding hydrogens is 278 g/mol. The van der Waals surface area contributed by atoms with Crippen molar-refractivity contribution in [1.82, 2.24) is 4.98 Å². The summed E-state index contributed by atoms with van der Waals surface area (Å²) in [5, 5.41) is 10.2. The van der Waals surface area contributed by atoms with Crippen LogP contribution in [0.15, 0.2) is 42.5 Å². The first kappa shape index (κ1) is 14.2. The van der Waals surface area contributed by atoms with Gasteiger partial charge in [-0.3, -0.25) is 0 Å². The van der Waals surface area contributed by atoms with Crippen LogP contribution in [-0.4, -0.2) is 16.1 Å². The van der Waals surface area contributed by atoms with Crippen molar-refractivity contribution in [2.45, 2.75) is 20.5 Å². The maximum Gasteiger partial charge on any atom is 0.338 e. The van der Waals surface area contributed by atoms with Crippen LogP contribution in [0.5, 0.6) is 5.75 Å².